The third-order valence-electron chi connectivity index (χ3n) is 2.62. The first-order chi connectivity index (χ1) is 9.10. The molecule has 0 fully saturated rings. The summed E-state index contributed by atoms with van der Waals surface area (Å²) in [6.45, 7) is 0.341. The average molecular weight is 258 g/mol. The number of phenols is 2. The summed E-state index contributed by atoms with van der Waals surface area (Å²) < 4.78 is 13.0. The van der Waals surface area contributed by atoms with E-state index in [9.17, 15) is 14.6 Å². The molecular weight excluding hydrogens is 247 g/mol. The molecule has 0 aliphatic carbocycles. The quantitative estimate of drug-likeness (QED) is 0.740. The molecule has 2 aromatic carbocycles. The van der Waals surface area contributed by atoms with Crippen LogP contribution in [-0.2, 0) is 6.54 Å². The van der Waals surface area contributed by atoms with Gasteiger partial charge in [-0.1, -0.05) is 6.07 Å². The molecule has 0 aromatic heterocycles. The van der Waals surface area contributed by atoms with Crippen LogP contribution in [0.1, 0.15) is 11.1 Å². The molecule has 0 unspecified atom stereocenters. The van der Waals surface area contributed by atoms with Crippen molar-refractivity contribution < 1.29 is 14.6 Å². The molecule has 96 valence electrons. The molecule has 0 amide bonds. The van der Waals surface area contributed by atoms with E-state index in [-0.39, 0.29) is 17.1 Å². The highest BCUT2D eigenvalue weighted by atomic mass is 19.1. The average Bonchev–Trinajstić information content (AvgIpc) is 2.41. The van der Waals surface area contributed by atoms with Crippen LogP contribution in [0, 0.1) is 17.1 Å². The van der Waals surface area contributed by atoms with Gasteiger partial charge in [-0.15, -0.1) is 0 Å². The van der Waals surface area contributed by atoms with E-state index in [1.165, 1.54) is 24.3 Å². The number of nitrogens with zero attached hydrogens (tertiary/aromatic N) is 1. The fourth-order valence-corrected chi connectivity index (χ4v) is 1.64. The first-order valence-corrected chi connectivity index (χ1v) is 5.54. The van der Waals surface area contributed by atoms with Gasteiger partial charge in [0.1, 0.15) is 11.9 Å². The van der Waals surface area contributed by atoms with Gasteiger partial charge in [-0.2, -0.15) is 5.26 Å². The molecule has 0 heterocycles. The third-order valence-corrected chi connectivity index (χ3v) is 2.62. The van der Waals surface area contributed by atoms with Gasteiger partial charge in [-0.3, -0.25) is 0 Å². The minimum absolute atomic E-state index is 0.191. The zero-order valence-corrected chi connectivity index (χ0v) is 9.89. The van der Waals surface area contributed by atoms with Crippen molar-refractivity contribution in [2.75, 3.05) is 5.32 Å². The molecule has 0 aliphatic rings. The highest BCUT2D eigenvalue weighted by Crippen LogP contribution is 2.25. The fourth-order valence-electron chi connectivity index (χ4n) is 1.64. The predicted molar refractivity (Wildman–Crippen MR) is 68.2 cm³/mol. The second-order valence-corrected chi connectivity index (χ2v) is 3.98. The van der Waals surface area contributed by atoms with E-state index < -0.39 is 5.82 Å². The summed E-state index contributed by atoms with van der Waals surface area (Å²) in [5, 5.41) is 30.4. The molecule has 0 radical (unpaired) electrons. The number of nitrogens with one attached hydrogen (secondary N) is 1. The third kappa shape index (κ3) is 2.93. The van der Waals surface area contributed by atoms with E-state index in [4.69, 9.17) is 5.26 Å². The maximum Gasteiger partial charge on any atom is 0.157 e. The minimum Gasteiger partial charge on any atom is -0.504 e. The smallest absolute Gasteiger partial charge is 0.157 e. The normalized spacial score (nSPS) is 9.89. The van der Waals surface area contributed by atoms with E-state index >= 15 is 0 Å². The summed E-state index contributed by atoms with van der Waals surface area (Å²) in [5.74, 6) is -0.869. The maximum atomic E-state index is 13.0. The molecule has 5 heteroatoms. The van der Waals surface area contributed by atoms with E-state index in [2.05, 4.69) is 5.32 Å². The summed E-state index contributed by atoms with van der Waals surface area (Å²) in [5.41, 5.74) is 1.45. The Balaban J connectivity index is 2.14. The molecule has 0 spiro atoms. The van der Waals surface area contributed by atoms with Gasteiger partial charge in [0, 0.05) is 6.54 Å². The van der Waals surface area contributed by atoms with Crippen LogP contribution in [0.25, 0.3) is 0 Å². The molecule has 0 saturated heterocycles. The van der Waals surface area contributed by atoms with E-state index in [0.29, 0.717) is 12.2 Å². The lowest BCUT2D eigenvalue weighted by molar-refractivity contribution is 0.403. The number of halogens is 1. The number of hydrogen-bond donors (Lipinski definition) is 3. The van der Waals surface area contributed by atoms with Crippen molar-refractivity contribution in [3.63, 3.8) is 0 Å². The van der Waals surface area contributed by atoms with Gasteiger partial charge in [-0.25, -0.2) is 4.39 Å². The summed E-state index contributed by atoms with van der Waals surface area (Å²) in [6.07, 6.45) is 0. The van der Waals surface area contributed by atoms with Gasteiger partial charge in [-0.05, 0) is 35.9 Å². The Bertz CT molecular complexity index is 650. The molecule has 0 bridgehead atoms. The summed E-state index contributed by atoms with van der Waals surface area (Å²) in [6, 6.07) is 10.2. The van der Waals surface area contributed by atoms with Crippen LogP contribution in [0.2, 0.25) is 0 Å². The highest BCUT2D eigenvalue weighted by molar-refractivity contribution is 5.57. The summed E-state index contributed by atoms with van der Waals surface area (Å²) in [7, 11) is 0. The van der Waals surface area contributed by atoms with Gasteiger partial charge in [0.05, 0.1) is 11.3 Å². The second-order valence-electron chi connectivity index (χ2n) is 3.98. The van der Waals surface area contributed by atoms with Gasteiger partial charge in [0.15, 0.2) is 11.5 Å². The molecule has 2 aromatic rings. The maximum absolute atomic E-state index is 13.0. The van der Waals surface area contributed by atoms with E-state index in [1.807, 2.05) is 6.07 Å². The van der Waals surface area contributed by atoms with Crippen molar-refractivity contribution >= 4 is 5.69 Å². The topological polar surface area (TPSA) is 76.3 Å². The number of hydrogen-bond acceptors (Lipinski definition) is 4. The standard InChI is InChI=1S/C14H11FN2O2/c15-11-2-3-12(10(6-11)7-16)17-8-9-1-4-13(18)14(19)5-9/h1-6,17-19H,8H2. The monoisotopic (exact) mass is 258 g/mol. The SMILES string of the molecule is N#Cc1cc(F)ccc1NCc1ccc(O)c(O)c1. The van der Waals surface area contributed by atoms with E-state index in [1.54, 1.807) is 6.07 Å². The van der Waals surface area contributed by atoms with Crippen LogP contribution in [-0.4, -0.2) is 10.2 Å². The zero-order valence-electron chi connectivity index (χ0n) is 9.89. The number of rotatable bonds is 3. The highest BCUT2D eigenvalue weighted by Gasteiger charge is 2.05. The second kappa shape index (κ2) is 5.27. The van der Waals surface area contributed by atoms with Crippen molar-refractivity contribution in [1.82, 2.24) is 0 Å². The van der Waals surface area contributed by atoms with Crippen LogP contribution in [0.15, 0.2) is 36.4 Å². The Kier molecular flexibility index (Phi) is 3.53. The molecule has 4 nitrogen and oxygen atoms in total. The number of aromatic hydroxyl groups is 2. The summed E-state index contributed by atoms with van der Waals surface area (Å²) >= 11 is 0. The number of benzene rings is 2. The van der Waals surface area contributed by atoms with Gasteiger partial charge in [0.25, 0.3) is 0 Å². The molecule has 2 rings (SSSR count). The number of phenolic OH excluding ortho intramolecular Hbond substituents is 2. The Labute approximate surface area is 109 Å². The lowest BCUT2D eigenvalue weighted by Crippen LogP contribution is -2.01. The Hall–Kier alpha value is -2.74. The zero-order chi connectivity index (χ0) is 13.8. The van der Waals surface area contributed by atoms with Crippen molar-refractivity contribution in [3.8, 4) is 17.6 Å². The summed E-state index contributed by atoms with van der Waals surface area (Å²) in [4.78, 5) is 0. The van der Waals surface area contributed by atoms with Crippen LogP contribution in [0.4, 0.5) is 10.1 Å². The van der Waals surface area contributed by atoms with Gasteiger partial charge >= 0.3 is 0 Å². The lowest BCUT2D eigenvalue weighted by atomic mass is 10.1. The fraction of sp³-hybridized carbons (Fsp3) is 0.0714. The number of nitriles is 1. The van der Waals surface area contributed by atoms with Crippen LogP contribution < -0.4 is 5.32 Å². The van der Waals surface area contributed by atoms with Gasteiger partial charge < -0.3 is 15.5 Å². The largest absolute Gasteiger partial charge is 0.504 e. The Morgan fingerprint density at radius 2 is 1.89 bits per heavy atom. The van der Waals surface area contributed by atoms with E-state index in [0.717, 1.165) is 11.6 Å². The molecule has 0 atom stereocenters. The van der Waals surface area contributed by atoms with Crippen LogP contribution >= 0.6 is 0 Å². The lowest BCUT2D eigenvalue weighted by Gasteiger charge is -2.09. The molecule has 19 heavy (non-hydrogen) atoms. The number of anilines is 1. The molecule has 0 aliphatic heterocycles. The Morgan fingerprint density at radius 1 is 1.11 bits per heavy atom. The molecule has 0 saturated carbocycles. The first kappa shape index (κ1) is 12.7. The Morgan fingerprint density at radius 3 is 2.58 bits per heavy atom. The first-order valence-electron chi connectivity index (χ1n) is 5.54. The van der Waals surface area contributed by atoms with Crippen LogP contribution in [0.3, 0.4) is 0 Å². The van der Waals surface area contributed by atoms with Crippen molar-refractivity contribution in [1.29, 1.82) is 5.26 Å². The molecular formula is C14H11FN2O2. The minimum atomic E-state index is -0.468. The van der Waals surface area contributed by atoms with Gasteiger partial charge in [0.2, 0.25) is 0 Å². The molecule has 3 N–H and O–H groups in total. The van der Waals surface area contributed by atoms with Crippen LogP contribution in [0.5, 0.6) is 11.5 Å². The van der Waals surface area contributed by atoms with Crippen molar-refractivity contribution in [2.45, 2.75) is 6.54 Å². The van der Waals surface area contributed by atoms with Crippen molar-refractivity contribution in [3.05, 3.63) is 53.3 Å². The predicted octanol–water partition coefficient (Wildman–Crippen LogP) is 2.72. The van der Waals surface area contributed by atoms with Crippen molar-refractivity contribution in [2.24, 2.45) is 0 Å².